The molecule has 1 aromatic rings. The highest BCUT2D eigenvalue weighted by Gasteiger charge is 2.15. The Bertz CT molecular complexity index is 368. The number of hydrogen-bond acceptors (Lipinski definition) is 1. The Kier molecular flexibility index (Phi) is 6.57. The van der Waals surface area contributed by atoms with Crippen LogP contribution in [0.25, 0.3) is 0 Å². The van der Waals surface area contributed by atoms with Crippen molar-refractivity contribution in [2.24, 2.45) is 11.7 Å². The highest BCUT2D eigenvalue weighted by molar-refractivity contribution is 5.41. The third kappa shape index (κ3) is 4.35. The molecule has 0 spiro atoms. The van der Waals surface area contributed by atoms with Gasteiger partial charge in [0.15, 0.2) is 0 Å². The minimum absolute atomic E-state index is 0.207. The summed E-state index contributed by atoms with van der Waals surface area (Å²) in [6.07, 6.45) is 5.60. The average molecular weight is 261 g/mol. The molecule has 108 valence electrons. The molecule has 0 saturated carbocycles. The van der Waals surface area contributed by atoms with Gasteiger partial charge in [0.1, 0.15) is 0 Å². The summed E-state index contributed by atoms with van der Waals surface area (Å²) in [5.74, 6) is 0.733. The highest BCUT2D eigenvalue weighted by atomic mass is 14.6. The Morgan fingerprint density at radius 1 is 0.895 bits per heavy atom. The third-order valence-corrected chi connectivity index (χ3v) is 4.01. The summed E-state index contributed by atoms with van der Waals surface area (Å²) < 4.78 is 0. The fourth-order valence-electron chi connectivity index (χ4n) is 2.77. The number of nitrogens with two attached hydrogens (primary N) is 1. The predicted molar refractivity (Wildman–Crippen MR) is 85.6 cm³/mol. The standard InChI is InChI=1S/C18H31N/c1-6-14-11-15(7-2)18(16(8-3)12-14)17(19)10-9-13(4)5/h11-13,17H,6-10,19H2,1-5H3. The second-order valence-electron chi connectivity index (χ2n) is 5.97. The summed E-state index contributed by atoms with van der Waals surface area (Å²) in [5.41, 5.74) is 12.3. The minimum atomic E-state index is 0.207. The summed E-state index contributed by atoms with van der Waals surface area (Å²) in [4.78, 5) is 0. The van der Waals surface area contributed by atoms with Gasteiger partial charge >= 0.3 is 0 Å². The smallest absolute Gasteiger partial charge is 0.0300 e. The van der Waals surface area contributed by atoms with Gasteiger partial charge in [0, 0.05) is 6.04 Å². The van der Waals surface area contributed by atoms with Crippen LogP contribution in [-0.2, 0) is 19.3 Å². The quantitative estimate of drug-likeness (QED) is 0.749. The van der Waals surface area contributed by atoms with E-state index in [2.05, 4.69) is 46.8 Å². The predicted octanol–water partition coefficient (Wildman–Crippen LogP) is 4.81. The number of hydrogen-bond donors (Lipinski definition) is 1. The molecule has 1 atom stereocenters. The molecule has 0 saturated heterocycles. The van der Waals surface area contributed by atoms with Gasteiger partial charge in [-0.05, 0) is 60.3 Å². The van der Waals surface area contributed by atoms with Crippen molar-refractivity contribution < 1.29 is 0 Å². The van der Waals surface area contributed by atoms with E-state index in [1.165, 1.54) is 28.7 Å². The normalized spacial score (nSPS) is 13.0. The zero-order chi connectivity index (χ0) is 14.4. The van der Waals surface area contributed by atoms with E-state index < -0.39 is 0 Å². The van der Waals surface area contributed by atoms with Gasteiger partial charge in [-0.1, -0.05) is 46.8 Å². The fourth-order valence-corrected chi connectivity index (χ4v) is 2.77. The average Bonchev–Trinajstić information content (AvgIpc) is 2.42. The second-order valence-corrected chi connectivity index (χ2v) is 5.97. The molecular formula is C18H31N. The van der Waals surface area contributed by atoms with Gasteiger partial charge in [0.2, 0.25) is 0 Å². The zero-order valence-corrected chi connectivity index (χ0v) is 13.4. The Balaban J connectivity index is 3.08. The fraction of sp³-hybridized carbons (Fsp3) is 0.667. The first-order chi connectivity index (χ1) is 9.03. The van der Waals surface area contributed by atoms with Crippen LogP contribution in [0.1, 0.15) is 75.8 Å². The summed E-state index contributed by atoms with van der Waals surface area (Å²) in [7, 11) is 0. The van der Waals surface area contributed by atoms with Gasteiger partial charge in [0.25, 0.3) is 0 Å². The molecule has 0 heterocycles. The van der Waals surface area contributed by atoms with Crippen molar-refractivity contribution in [3.63, 3.8) is 0 Å². The van der Waals surface area contributed by atoms with E-state index in [1.54, 1.807) is 0 Å². The van der Waals surface area contributed by atoms with E-state index in [0.29, 0.717) is 0 Å². The Morgan fingerprint density at radius 3 is 1.79 bits per heavy atom. The van der Waals surface area contributed by atoms with Gasteiger partial charge in [-0.3, -0.25) is 0 Å². The lowest BCUT2D eigenvalue weighted by Gasteiger charge is -2.22. The molecule has 0 aromatic heterocycles. The first-order valence-corrected chi connectivity index (χ1v) is 7.93. The molecule has 2 N–H and O–H groups in total. The van der Waals surface area contributed by atoms with E-state index in [9.17, 15) is 0 Å². The monoisotopic (exact) mass is 261 g/mol. The van der Waals surface area contributed by atoms with Crippen molar-refractivity contribution >= 4 is 0 Å². The Hall–Kier alpha value is -0.820. The minimum Gasteiger partial charge on any atom is -0.324 e. The molecule has 0 aliphatic carbocycles. The van der Waals surface area contributed by atoms with Gasteiger partial charge < -0.3 is 5.73 Å². The molecule has 1 rings (SSSR count). The van der Waals surface area contributed by atoms with Crippen molar-refractivity contribution in [2.75, 3.05) is 0 Å². The first-order valence-electron chi connectivity index (χ1n) is 7.93. The van der Waals surface area contributed by atoms with E-state index in [-0.39, 0.29) is 6.04 Å². The van der Waals surface area contributed by atoms with Crippen LogP contribution in [0.4, 0.5) is 0 Å². The summed E-state index contributed by atoms with van der Waals surface area (Å²) in [5, 5.41) is 0. The molecule has 1 nitrogen and oxygen atoms in total. The van der Waals surface area contributed by atoms with Crippen molar-refractivity contribution in [2.45, 2.75) is 72.8 Å². The molecule has 19 heavy (non-hydrogen) atoms. The molecule has 0 radical (unpaired) electrons. The molecular weight excluding hydrogens is 230 g/mol. The van der Waals surface area contributed by atoms with Crippen LogP contribution in [-0.4, -0.2) is 0 Å². The molecule has 0 aliphatic rings. The van der Waals surface area contributed by atoms with Crippen LogP contribution >= 0.6 is 0 Å². The SMILES string of the molecule is CCc1cc(CC)c(C(N)CCC(C)C)c(CC)c1. The van der Waals surface area contributed by atoms with Crippen LogP contribution in [0.3, 0.4) is 0 Å². The lowest BCUT2D eigenvalue weighted by atomic mass is 9.87. The number of rotatable bonds is 7. The van der Waals surface area contributed by atoms with Gasteiger partial charge in [-0.15, -0.1) is 0 Å². The van der Waals surface area contributed by atoms with Crippen molar-refractivity contribution in [1.82, 2.24) is 0 Å². The van der Waals surface area contributed by atoms with E-state index in [0.717, 1.165) is 31.6 Å². The largest absolute Gasteiger partial charge is 0.324 e. The van der Waals surface area contributed by atoms with Crippen LogP contribution in [0.5, 0.6) is 0 Å². The lowest BCUT2D eigenvalue weighted by molar-refractivity contribution is 0.504. The van der Waals surface area contributed by atoms with E-state index in [4.69, 9.17) is 5.73 Å². The Labute approximate surface area is 119 Å². The molecule has 0 fully saturated rings. The topological polar surface area (TPSA) is 26.0 Å². The van der Waals surface area contributed by atoms with E-state index in [1.807, 2.05) is 0 Å². The second kappa shape index (κ2) is 7.69. The summed E-state index contributed by atoms with van der Waals surface area (Å²) in [6.45, 7) is 11.3. The molecule has 0 bridgehead atoms. The lowest BCUT2D eigenvalue weighted by Crippen LogP contribution is -2.16. The van der Waals surface area contributed by atoms with E-state index >= 15 is 0 Å². The van der Waals surface area contributed by atoms with Crippen LogP contribution in [0, 0.1) is 5.92 Å². The first kappa shape index (κ1) is 16.2. The maximum Gasteiger partial charge on any atom is 0.0300 e. The van der Waals surface area contributed by atoms with Gasteiger partial charge in [0.05, 0.1) is 0 Å². The van der Waals surface area contributed by atoms with Crippen LogP contribution in [0.2, 0.25) is 0 Å². The zero-order valence-electron chi connectivity index (χ0n) is 13.4. The van der Waals surface area contributed by atoms with Crippen LogP contribution < -0.4 is 5.73 Å². The highest BCUT2D eigenvalue weighted by Crippen LogP contribution is 2.28. The molecule has 0 amide bonds. The summed E-state index contributed by atoms with van der Waals surface area (Å²) in [6, 6.07) is 4.94. The van der Waals surface area contributed by atoms with Crippen molar-refractivity contribution in [1.29, 1.82) is 0 Å². The maximum atomic E-state index is 6.49. The van der Waals surface area contributed by atoms with Crippen molar-refractivity contribution in [3.8, 4) is 0 Å². The van der Waals surface area contributed by atoms with Gasteiger partial charge in [-0.2, -0.15) is 0 Å². The molecule has 0 aliphatic heterocycles. The van der Waals surface area contributed by atoms with Crippen LogP contribution in [0.15, 0.2) is 12.1 Å². The van der Waals surface area contributed by atoms with Gasteiger partial charge in [-0.25, -0.2) is 0 Å². The molecule has 1 heteroatoms. The summed E-state index contributed by atoms with van der Waals surface area (Å²) >= 11 is 0. The molecule has 1 aromatic carbocycles. The van der Waals surface area contributed by atoms with Crippen molar-refractivity contribution in [3.05, 3.63) is 34.4 Å². The Morgan fingerprint density at radius 2 is 1.42 bits per heavy atom. The number of aryl methyl sites for hydroxylation is 3. The number of benzene rings is 1. The molecule has 1 unspecified atom stereocenters. The maximum absolute atomic E-state index is 6.49. The third-order valence-electron chi connectivity index (χ3n) is 4.01.